The predicted octanol–water partition coefficient (Wildman–Crippen LogP) is 3.75. The molecular formula is C22H21FN4O4. The number of aromatic nitrogens is 2. The van der Waals surface area contributed by atoms with Crippen molar-refractivity contribution in [2.45, 2.75) is 32.8 Å². The van der Waals surface area contributed by atoms with Gasteiger partial charge in [-0.05, 0) is 44.5 Å². The predicted molar refractivity (Wildman–Crippen MR) is 111 cm³/mol. The number of ether oxygens (including phenoxy) is 1. The largest absolute Gasteiger partial charge is 0.444 e. The smallest absolute Gasteiger partial charge is 0.414 e. The molecule has 1 fully saturated rings. The molecule has 8 nitrogen and oxygen atoms in total. The monoisotopic (exact) mass is 424 g/mol. The molecule has 0 aliphatic carbocycles. The summed E-state index contributed by atoms with van der Waals surface area (Å²) in [5.74, 6) is 0.177. The van der Waals surface area contributed by atoms with Crippen LogP contribution in [0.25, 0.3) is 22.7 Å². The third kappa shape index (κ3) is 4.25. The van der Waals surface area contributed by atoms with Gasteiger partial charge in [-0.25, -0.2) is 14.2 Å². The number of hydrogen-bond donors (Lipinski definition) is 1. The number of anilines is 1. The highest BCUT2D eigenvalue weighted by Crippen LogP contribution is 2.30. The number of hydrogen-bond acceptors (Lipinski definition) is 6. The van der Waals surface area contributed by atoms with Crippen molar-refractivity contribution in [1.29, 1.82) is 0 Å². The highest BCUT2D eigenvalue weighted by atomic mass is 19.1. The molecule has 0 saturated carbocycles. The van der Waals surface area contributed by atoms with Crippen LogP contribution in [-0.4, -0.2) is 34.6 Å². The number of carbonyl (C=O) groups excluding carboxylic acids is 2. The normalized spacial score (nSPS) is 15.9. The van der Waals surface area contributed by atoms with Crippen molar-refractivity contribution < 1.29 is 23.1 Å². The van der Waals surface area contributed by atoms with E-state index >= 15 is 0 Å². The number of cyclic esters (lactones) is 1. The van der Waals surface area contributed by atoms with Crippen molar-refractivity contribution >= 4 is 17.7 Å². The molecule has 2 aromatic heterocycles. The number of rotatable bonds is 6. The summed E-state index contributed by atoms with van der Waals surface area (Å²) in [6.07, 6.45) is 0.965. The SMILES string of the molecule is Cc1nc(-c2ccc(-c3ccc(N4C[C@H](CCC(N)=O)OC4=O)cc3F)cn2)oc1C. The average molecular weight is 424 g/mol. The van der Waals surface area contributed by atoms with Crippen molar-refractivity contribution in [1.82, 2.24) is 9.97 Å². The number of benzene rings is 1. The van der Waals surface area contributed by atoms with Crippen molar-refractivity contribution in [2.75, 3.05) is 11.4 Å². The summed E-state index contributed by atoms with van der Waals surface area (Å²) in [7, 11) is 0. The fraction of sp³-hybridized carbons (Fsp3) is 0.273. The van der Waals surface area contributed by atoms with Crippen molar-refractivity contribution in [3.63, 3.8) is 0 Å². The molecular weight excluding hydrogens is 403 g/mol. The van der Waals surface area contributed by atoms with E-state index in [-0.39, 0.29) is 13.0 Å². The first-order valence-electron chi connectivity index (χ1n) is 9.78. The van der Waals surface area contributed by atoms with E-state index in [0.717, 1.165) is 11.5 Å². The number of carbonyl (C=O) groups is 2. The van der Waals surface area contributed by atoms with Gasteiger partial charge in [0.25, 0.3) is 0 Å². The molecule has 31 heavy (non-hydrogen) atoms. The summed E-state index contributed by atoms with van der Waals surface area (Å²) in [4.78, 5) is 33.0. The maximum Gasteiger partial charge on any atom is 0.414 e. The summed E-state index contributed by atoms with van der Waals surface area (Å²) in [6.45, 7) is 3.91. The molecule has 1 atom stereocenters. The second-order valence-corrected chi connectivity index (χ2v) is 7.38. The first-order valence-corrected chi connectivity index (χ1v) is 9.78. The van der Waals surface area contributed by atoms with Gasteiger partial charge in [-0.3, -0.25) is 14.7 Å². The molecule has 2 N–H and O–H groups in total. The maximum absolute atomic E-state index is 14.8. The van der Waals surface area contributed by atoms with Gasteiger partial charge in [0.15, 0.2) is 0 Å². The quantitative estimate of drug-likeness (QED) is 0.645. The molecule has 0 bridgehead atoms. The molecule has 9 heteroatoms. The first kappa shape index (κ1) is 20.5. The summed E-state index contributed by atoms with van der Waals surface area (Å²) in [5, 5.41) is 0. The fourth-order valence-electron chi connectivity index (χ4n) is 3.35. The molecule has 0 spiro atoms. The fourth-order valence-corrected chi connectivity index (χ4v) is 3.35. The highest BCUT2D eigenvalue weighted by Gasteiger charge is 2.32. The molecule has 3 heterocycles. The van der Waals surface area contributed by atoms with Crippen molar-refractivity contribution in [2.24, 2.45) is 5.73 Å². The van der Waals surface area contributed by atoms with Crippen LogP contribution < -0.4 is 10.6 Å². The van der Waals surface area contributed by atoms with E-state index in [2.05, 4.69) is 9.97 Å². The summed E-state index contributed by atoms with van der Waals surface area (Å²) >= 11 is 0. The Morgan fingerprint density at radius 2 is 2.10 bits per heavy atom. The van der Waals surface area contributed by atoms with E-state index in [4.69, 9.17) is 14.9 Å². The molecule has 0 radical (unpaired) electrons. The summed E-state index contributed by atoms with van der Waals surface area (Å²) in [5.41, 5.74) is 7.79. The molecule has 1 aromatic carbocycles. The van der Waals surface area contributed by atoms with Gasteiger partial charge in [0, 0.05) is 23.7 Å². The van der Waals surface area contributed by atoms with E-state index in [1.807, 2.05) is 13.8 Å². The zero-order valence-corrected chi connectivity index (χ0v) is 17.1. The minimum atomic E-state index is -0.579. The standard InChI is InChI=1S/C22H21FN4O4/c1-12-13(2)30-21(26-12)19-7-3-14(10-25-19)17-6-4-15(9-18(17)23)27-11-16(31-22(27)29)5-8-20(24)28/h3-4,6-7,9-10,16H,5,8,11H2,1-2H3,(H2,24,28)/t16-/m0/s1. The summed E-state index contributed by atoms with van der Waals surface area (Å²) in [6, 6.07) is 7.96. The molecule has 1 aliphatic rings. The van der Waals surface area contributed by atoms with E-state index in [0.29, 0.717) is 34.8 Å². The Bertz CT molecular complexity index is 1120. The van der Waals surface area contributed by atoms with Crippen LogP contribution >= 0.6 is 0 Å². The zero-order valence-electron chi connectivity index (χ0n) is 17.1. The van der Waals surface area contributed by atoms with Crippen LogP contribution in [0.4, 0.5) is 14.9 Å². The zero-order chi connectivity index (χ0) is 22.1. The Kier molecular flexibility index (Phi) is 5.41. The van der Waals surface area contributed by atoms with Gasteiger partial charge in [-0.15, -0.1) is 0 Å². The third-order valence-corrected chi connectivity index (χ3v) is 5.17. The number of primary amides is 1. The molecule has 3 aromatic rings. The second-order valence-electron chi connectivity index (χ2n) is 7.38. The van der Waals surface area contributed by atoms with Crippen molar-refractivity contribution in [3.8, 4) is 22.7 Å². The van der Waals surface area contributed by atoms with Crippen LogP contribution in [0.15, 0.2) is 40.9 Å². The third-order valence-electron chi connectivity index (χ3n) is 5.17. The Hall–Kier alpha value is -3.75. The van der Waals surface area contributed by atoms with Crippen LogP contribution in [0.2, 0.25) is 0 Å². The molecule has 1 saturated heterocycles. The minimum absolute atomic E-state index is 0.120. The number of aryl methyl sites for hydroxylation is 2. The van der Waals surface area contributed by atoms with Crippen molar-refractivity contribution in [3.05, 3.63) is 53.8 Å². The van der Waals surface area contributed by atoms with Gasteiger partial charge >= 0.3 is 6.09 Å². The number of pyridine rings is 1. The number of halogens is 1. The summed E-state index contributed by atoms with van der Waals surface area (Å²) < 4.78 is 25.6. The lowest BCUT2D eigenvalue weighted by Crippen LogP contribution is -2.25. The van der Waals surface area contributed by atoms with Gasteiger partial charge in [0.2, 0.25) is 11.8 Å². The minimum Gasteiger partial charge on any atom is -0.444 e. The van der Waals surface area contributed by atoms with Crippen LogP contribution in [0.3, 0.4) is 0 Å². The molecule has 1 aliphatic heterocycles. The Labute approximate surface area is 177 Å². The Morgan fingerprint density at radius 1 is 1.29 bits per heavy atom. The van der Waals surface area contributed by atoms with Gasteiger partial charge in [-0.1, -0.05) is 6.07 Å². The van der Waals surface area contributed by atoms with Crippen LogP contribution in [0.1, 0.15) is 24.3 Å². The van der Waals surface area contributed by atoms with Gasteiger partial charge in [0.1, 0.15) is 23.4 Å². The van der Waals surface area contributed by atoms with Crippen LogP contribution in [0, 0.1) is 19.7 Å². The Morgan fingerprint density at radius 3 is 2.71 bits per heavy atom. The second kappa shape index (κ2) is 8.17. The highest BCUT2D eigenvalue weighted by molar-refractivity contribution is 5.90. The van der Waals surface area contributed by atoms with E-state index in [9.17, 15) is 14.0 Å². The lowest BCUT2D eigenvalue weighted by Gasteiger charge is -2.14. The van der Waals surface area contributed by atoms with E-state index < -0.39 is 23.9 Å². The lowest BCUT2D eigenvalue weighted by molar-refractivity contribution is -0.118. The van der Waals surface area contributed by atoms with E-state index in [1.54, 1.807) is 30.5 Å². The first-order chi connectivity index (χ1) is 14.8. The maximum atomic E-state index is 14.8. The number of nitrogens with zero attached hydrogens (tertiary/aromatic N) is 3. The van der Waals surface area contributed by atoms with Crippen LogP contribution in [-0.2, 0) is 9.53 Å². The molecule has 4 rings (SSSR count). The Balaban J connectivity index is 1.51. The van der Waals surface area contributed by atoms with Gasteiger partial charge in [0.05, 0.1) is 17.9 Å². The number of amides is 2. The molecule has 0 unspecified atom stereocenters. The number of oxazole rings is 1. The van der Waals surface area contributed by atoms with Gasteiger partial charge in [-0.2, -0.15) is 0 Å². The molecule has 2 amide bonds. The topological polar surface area (TPSA) is 112 Å². The van der Waals surface area contributed by atoms with E-state index in [1.165, 1.54) is 11.0 Å². The lowest BCUT2D eigenvalue weighted by atomic mass is 10.1. The number of nitrogens with two attached hydrogens (primary N) is 1. The van der Waals surface area contributed by atoms with Crippen LogP contribution in [0.5, 0.6) is 0 Å². The van der Waals surface area contributed by atoms with Gasteiger partial charge < -0.3 is 14.9 Å². The molecule has 160 valence electrons. The average Bonchev–Trinajstić information content (AvgIpc) is 3.28.